The lowest BCUT2D eigenvalue weighted by molar-refractivity contribution is 0.282. The van der Waals surface area contributed by atoms with E-state index in [9.17, 15) is 5.26 Å². The molecule has 0 saturated heterocycles. The van der Waals surface area contributed by atoms with Crippen LogP contribution in [0, 0.1) is 14.9 Å². The predicted octanol–water partition coefficient (Wildman–Crippen LogP) is 7.90. The van der Waals surface area contributed by atoms with E-state index in [1.807, 2.05) is 30.3 Å². The number of hydrogen-bond acceptors (Lipinski definition) is 3. The molecule has 0 spiro atoms. The number of rotatable bonds is 6. The molecule has 3 rings (SSSR count). The normalized spacial score (nSPS) is 11.1. The van der Waals surface area contributed by atoms with E-state index in [-0.39, 0.29) is 6.61 Å². The van der Waals surface area contributed by atoms with Crippen LogP contribution in [0.5, 0.6) is 11.5 Å². The van der Waals surface area contributed by atoms with Gasteiger partial charge in [0.15, 0.2) is 11.5 Å². The van der Waals surface area contributed by atoms with Gasteiger partial charge in [0.2, 0.25) is 0 Å². The van der Waals surface area contributed by atoms with Crippen molar-refractivity contribution in [2.45, 2.75) is 6.61 Å². The van der Waals surface area contributed by atoms with Gasteiger partial charge in [-0.2, -0.15) is 5.26 Å². The highest BCUT2D eigenvalue weighted by Crippen LogP contribution is 2.36. The van der Waals surface area contributed by atoms with Crippen LogP contribution in [0.3, 0.4) is 0 Å². The number of halogens is 4. The highest BCUT2D eigenvalue weighted by Gasteiger charge is 2.13. The van der Waals surface area contributed by atoms with Gasteiger partial charge >= 0.3 is 0 Å². The van der Waals surface area contributed by atoms with Crippen LogP contribution in [0.4, 0.5) is 0 Å². The Balaban J connectivity index is 1.89. The van der Waals surface area contributed by atoms with Gasteiger partial charge in [-0.3, -0.25) is 0 Å². The first-order valence-corrected chi connectivity index (χ1v) is 10.9. The number of benzene rings is 3. The Morgan fingerprint density at radius 3 is 2.37 bits per heavy atom. The SMILES string of the molecule is COc1cc(/C=C(/C#N)c2ccc(Cl)cc2)cc(I)c1OCc1ccc(Cl)cc1Cl. The molecule has 0 bridgehead atoms. The predicted molar refractivity (Wildman–Crippen MR) is 131 cm³/mol. The van der Waals surface area contributed by atoms with Gasteiger partial charge in [-0.15, -0.1) is 0 Å². The Morgan fingerprint density at radius 1 is 1.03 bits per heavy atom. The minimum absolute atomic E-state index is 0.270. The molecule has 0 unspecified atom stereocenters. The zero-order chi connectivity index (χ0) is 21.7. The molecule has 3 aromatic rings. The van der Waals surface area contributed by atoms with E-state index >= 15 is 0 Å². The summed E-state index contributed by atoms with van der Waals surface area (Å²) >= 11 is 20.3. The summed E-state index contributed by atoms with van der Waals surface area (Å²) in [6, 6.07) is 18.4. The molecule has 0 amide bonds. The minimum Gasteiger partial charge on any atom is -0.493 e. The molecule has 0 radical (unpaired) electrons. The molecule has 30 heavy (non-hydrogen) atoms. The molecule has 152 valence electrons. The molecule has 0 aliphatic rings. The summed E-state index contributed by atoms with van der Waals surface area (Å²) in [5, 5.41) is 11.3. The lowest BCUT2D eigenvalue weighted by Crippen LogP contribution is -2.01. The Hall–Kier alpha value is -1.91. The maximum Gasteiger partial charge on any atom is 0.174 e. The van der Waals surface area contributed by atoms with Gasteiger partial charge in [-0.1, -0.05) is 53.0 Å². The molecule has 0 atom stereocenters. The van der Waals surface area contributed by atoms with Gasteiger partial charge < -0.3 is 9.47 Å². The van der Waals surface area contributed by atoms with Crippen LogP contribution in [0.15, 0.2) is 54.6 Å². The molecule has 0 heterocycles. The molecule has 0 aromatic heterocycles. The second kappa shape index (κ2) is 10.4. The molecule has 7 heteroatoms. The average molecular weight is 571 g/mol. The van der Waals surface area contributed by atoms with Crippen LogP contribution in [-0.4, -0.2) is 7.11 Å². The summed E-state index contributed by atoms with van der Waals surface area (Å²) in [5.41, 5.74) is 2.94. The number of nitrogens with zero attached hydrogens (tertiary/aromatic N) is 1. The molecule has 3 aromatic carbocycles. The van der Waals surface area contributed by atoms with Crippen molar-refractivity contribution in [3.05, 3.63) is 89.9 Å². The number of allylic oxidation sites excluding steroid dienone is 1. The average Bonchev–Trinajstić information content (AvgIpc) is 2.72. The van der Waals surface area contributed by atoms with E-state index < -0.39 is 0 Å². The second-order valence-electron chi connectivity index (χ2n) is 6.24. The fraction of sp³-hybridized carbons (Fsp3) is 0.0870. The molecule has 0 aliphatic heterocycles. The Bertz CT molecular complexity index is 1140. The highest BCUT2D eigenvalue weighted by molar-refractivity contribution is 14.1. The minimum atomic E-state index is 0.270. The van der Waals surface area contributed by atoms with Gasteiger partial charge in [0, 0.05) is 20.6 Å². The van der Waals surface area contributed by atoms with Crippen molar-refractivity contribution >= 4 is 69.0 Å². The van der Waals surface area contributed by atoms with E-state index in [0.29, 0.717) is 32.1 Å². The van der Waals surface area contributed by atoms with Gasteiger partial charge in [-0.05, 0) is 76.2 Å². The molecule has 0 fully saturated rings. The molecule has 0 saturated carbocycles. The first-order chi connectivity index (χ1) is 14.4. The zero-order valence-electron chi connectivity index (χ0n) is 15.8. The third-order valence-electron chi connectivity index (χ3n) is 4.23. The van der Waals surface area contributed by atoms with Crippen LogP contribution in [-0.2, 0) is 6.61 Å². The number of hydrogen-bond donors (Lipinski definition) is 0. The van der Waals surface area contributed by atoms with Gasteiger partial charge in [0.05, 0.1) is 22.3 Å². The first-order valence-electron chi connectivity index (χ1n) is 8.73. The monoisotopic (exact) mass is 569 g/mol. The lowest BCUT2D eigenvalue weighted by Gasteiger charge is -2.14. The molecule has 3 nitrogen and oxygen atoms in total. The van der Waals surface area contributed by atoms with Gasteiger partial charge in [-0.25, -0.2) is 0 Å². The summed E-state index contributed by atoms with van der Waals surface area (Å²) in [6.45, 7) is 0.270. The summed E-state index contributed by atoms with van der Waals surface area (Å²) in [6.07, 6.45) is 1.80. The van der Waals surface area contributed by atoms with Crippen LogP contribution >= 0.6 is 57.4 Å². The maximum absolute atomic E-state index is 9.59. The van der Waals surface area contributed by atoms with Crippen molar-refractivity contribution in [3.63, 3.8) is 0 Å². The Morgan fingerprint density at radius 2 is 1.73 bits per heavy atom. The summed E-state index contributed by atoms with van der Waals surface area (Å²) in [4.78, 5) is 0. The van der Waals surface area contributed by atoms with E-state index in [1.54, 1.807) is 37.5 Å². The molecular formula is C23H15Cl3INO2. The summed E-state index contributed by atoms with van der Waals surface area (Å²) in [7, 11) is 1.57. The van der Waals surface area contributed by atoms with Gasteiger partial charge in [0.1, 0.15) is 6.61 Å². The molecular weight excluding hydrogens is 556 g/mol. The Labute approximate surface area is 203 Å². The smallest absolute Gasteiger partial charge is 0.174 e. The first kappa shape index (κ1) is 22.8. The summed E-state index contributed by atoms with van der Waals surface area (Å²) in [5.74, 6) is 1.16. The lowest BCUT2D eigenvalue weighted by atomic mass is 10.0. The van der Waals surface area contributed by atoms with E-state index in [0.717, 1.165) is 20.3 Å². The fourth-order valence-electron chi connectivity index (χ4n) is 2.73. The summed E-state index contributed by atoms with van der Waals surface area (Å²) < 4.78 is 12.4. The van der Waals surface area contributed by atoms with Crippen LogP contribution in [0.25, 0.3) is 11.6 Å². The number of ether oxygens (including phenoxy) is 2. The maximum atomic E-state index is 9.59. The van der Waals surface area contributed by atoms with E-state index in [4.69, 9.17) is 44.3 Å². The van der Waals surface area contributed by atoms with Crippen LogP contribution in [0.2, 0.25) is 15.1 Å². The van der Waals surface area contributed by atoms with Crippen molar-refractivity contribution in [3.8, 4) is 17.6 Å². The second-order valence-corrected chi connectivity index (χ2v) is 8.68. The van der Waals surface area contributed by atoms with Crippen molar-refractivity contribution in [2.24, 2.45) is 0 Å². The van der Waals surface area contributed by atoms with Gasteiger partial charge in [0.25, 0.3) is 0 Å². The van der Waals surface area contributed by atoms with Crippen LogP contribution < -0.4 is 9.47 Å². The Kier molecular flexibility index (Phi) is 7.90. The van der Waals surface area contributed by atoms with E-state index in [1.165, 1.54) is 0 Å². The van der Waals surface area contributed by atoms with Crippen molar-refractivity contribution in [1.29, 1.82) is 5.26 Å². The van der Waals surface area contributed by atoms with Crippen LogP contribution in [0.1, 0.15) is 16.7 Å². The van der Waals surface area contributed by atoms with Crippen molar-refractivity contribution in [2.75, 3.05) is 7.11 Å². The largest absolute Gasteiger partial charge is 0.493 e. The van der Waals surface area contributed by atoms with E-state index in [2.05, 4.69) is 28.7 Å². The van der Waals surface area contributed by atoms with Crippen molar-refractivity contribution in [1.82, 2.24) is 0 Å². The topological polar surface area (TPSA) is 42.2 Å². The van der Waals surface area contributed by atoms with Crippen molar-refractivity contribution < 1.29 is 9.47 Å². The molecule has 0 N–H and O–H groups in total. The quantitative estimate of drug-likeness (QED) is 0.172. The zero-order valence-corrected chi connectivity index (χ0v) is 20.2. The third-order valence-corrected chi connectivity index (χ3v) is 5.87. The third kappa shape index (κ3) is 5.61. The number of nitriles is 1. The number of methoxy groups -OCH3 is 1. The highest BCUT2D eigenvalue weighted by atomic mass is 127. The molecule has 0 aliphatic carbocycles. The fourth-order valence-corrected chi connectivity index (χ4v) is 4.10. The standard InChI is InChI=1S/C23H15Cl3INO2/c1-29-22-10-14(8-17(12-28)15-2-5-18(24)6-3-15)9-21(27)23(22)30-13-16-4-7-19(25)11-20(16)26/h2-11H,13H2,1H3/b17-8-.